The van der Waals surface area contributed by atoms with Crippen LogP contribution in [0.5, 0.6) is 0 Å². The maximum atomic E-state index is 12.8. The van der Waals surface area contributed by atoms with Crippen LogP contribution in [0.15, 0.2) is 23.1 Å². The number of hydrogen-bond acceptors (Lipinski definition) is 3. The van der Waals surface area contributed by atoms with Gasteiger partial charge in [0.05, 0.1) is 0 Å². The Morgan fingerprint density at radius 1 is 1.25 bits per heavy atom. The van der Waals surface area contributed by atoms with E-state index in [9.17, 15) is 9.59 Å². The van der Waals surface area contributed by atoms with Gasteiger partial charge in [0.2, 0.25) is 11.8 Å². The van der Waals surface area contributed by atoms with Gasteiger partial charge in [0.15, 0.2) is 0 Å². The van der Waals surface area contributed by atoms with Crippen molar-refractivity contribution in [1.29, 1.82) is 0 Å². The van der Waals surface area contributed by atoms with E-state index >= 15 is 0 Å². The first-order chi connectivity index (χ1) is 11.5. The zero-order valence-corrected chi connectivity index (χ0v) is 15.9. The predicted octanol–water partition coefficient (Wildman–Crippen LogP) is 3.65. The Morgan fingerprint density at radius 3 is 2.50 bits per heavy atom. The molecule has 1 aromatic carbocycles. The van der Waals surface area contributed by atoms with Gasteiger partial charge in [-0.05, 0) is 37.5 Å². The average molecular weight is 369 g/mol. The molecule has 1 atom stereocenters. The molecule has 0 spiro atoms. The van der Waals surface area contributed by atoms with Gasteiger partial charge in [-0.2, -0.15) is 0 Å². The van der Waals surface area contributed by atoms with Crippen LogP contribution in [0.3, 0.4) is 0 Å². The highest BCUT2D eigenvalue weighted by Crippen LogP contribution is 2.25. The number of thioether (sulfide) groups is 1. The van der Waals surface area contributed by atoms with Crippen molar-refractivity contribution in [2.75, 3.05) is 18.8 Å². The van der Waals surface area contributed by atoms with Crippen LogP contribution in [0.4, 0.5) is 0 Å². The van der Waals surface area contributed by atoms with Crippen LogP contribution in [0.1, 0.15) is 38.2 Å². The molecule has 1 saturated heterocycles. The summed E-state index contributed by atoms with van der Waals surface area (Å²) in [5.74, 6) is 0.359. The lowest BCUT2D eigenvalue weighted by atomic mass is 10.2. The Balaban J connectivity index is 2.02. The number of benzene rings is 1. The van der Waals surface area contributed by atoms with Crippen molar-refractivity contribution in [3.63, 3.8) is 0 Å². The summed E-state index contributed by atoms with van der Waals surface area (Å²) in [5.41, 5.74) is 1.03. The van der Waals surface area contributed by atoms with Crippen molar-refractivity contribution < 1.29 is 9.59 Å². The molecule has 4 nitrogen and oxygen atoms in total. The van der Waals surface area contributed by atoms with Crippen LogP contribution in [0.25, 0.3) is 0 Å². The van der Waals surface area contributed by atoms with Crippen molar-refractivity contribution in [3.05, 3.63) is 28.8 Å². The Labute approximate surface area is 153 Å². The molecular formula is C18H25ClN2O2S. The first-order valence-electron chi connectivity index (χ1n) is 8.42. The van der Waals surface area contributed by atoms with Gasteiger partial charge in [0, 0.05) is 35.7 Å². The molecule has 1 aromatic rings. The molecule has 1 heterocycles. The molecule has 1 aliphatic heterocycles. The van der Waals surface area contributed by atoms with E-state index in [0.29, 0.717) is 5.75 Å². The third kappa shape index (κ3) is 5.71. The summed E-state index contributed by atoms with van der Waals surface area (Å²) in [7, 11) is 0. The van der Waals surface area contributed by atoms with Crippen LogP contribution in [-0.4, -0.2) is 41.6 Å². The van der Waals surface area contributed by atoms with Gasteiger partial charge in [-0.15, -0.1) is 11.8 Å². The first kappa shape index (κ1) is 19.1. The van der Waals surface area contributed by atoms with Gasteiger partial charge >= 0.3 is 0 Å². The number of rotatable bonds is 5. The van der Waals surface area contributed by atoms with Gasteiger partial charge in [0.1, 0.15) is 6.04 Å². The fourth-order valence-electron chi connectivity index (χ4n) is 2.77. The molecule has 0 aromatic heterocycles. The summed E-state index contributed by atoms with van der Waals surface area (Å²) in [5, 5.41) is 3.53. The third-order valence-corrected chi connectivity index (χ3v) is 5.65. The lowest BCUT2D eigenvalue weighted by Crippen LogP contribution is -2.49. The Bertz CT molecular complexity index is 586. The van der Waals surface area contributed by atoms with Crippen molar-refractivity contribution in [1.82, 2.24) is 10.2 Å². The number of nitrogens with zero attached hydrogens (tertiary/aromatic N) is 1. The Hall–Kier alpha value is -1.20. The quantitative estimate of drug-likeness (QED) is 0.807. The third-order valence-electron chi connectivity index (χ3n) is 4.15. The van der Waals surface area contributed by atoms with E-state index in [-0.39, 0.29) is 11.8 Å². The summed E-state index contributed by atoms with van der Waals surface area (Å²) in [4.78, 5) is 27.2. The smallest absolute Gasteiger partial charge is 0.246 e. The summed E-state index contributed by atoms with van der Waals surface area (Å²) < 4.78 is 0. The summed E-state index contributed by atoms with van der Waals surface area (Å²) in [6.07, 6.45) is 4.43. The number of carbonyl (C=O) groups is 2. The minimum atomic E-state index is -0.495. The molecule has 1 fully saturated rings. The second kappa shape index (κ2) is 9.33. The molecule has 2 amide bonds. The molecular weight excluding hydrogens is 344 g/mol. The monoisotopic (exact) mass is 368 g/mol. The zero-order chi connectivity index (χ0) is 17.5. The topological polar surface area (TPSA) is 49.4 Å². The number of aryl methyl sites for hydroxylation is 1. The maximum Gasteiger partial charge on any atom is 0.246 e. The second-order valence-corrected chi connectivity index (χ2v) is 7.72. The highest BCUT2D eigenvalue weighted by molar-refractivity contribution is 7.99. The van der Waals surface area contributed by atoms with Crippen molar-refractivity contribution in [3.8, 4) is 0 Å². The van der Waals surface area contributed by atoms with E-state index < -0.39 is 6.04 Å². The normalized spacial score (nSPS) is 16.4. The molecule has 24 heavy (non-hydrogen) atoms. The largest absolute Gasteiger partial charge is 0.344 e. The molecule has 2 rings (SSSR count). The van der Waals surface area contributed by atoms with Gasteiger partial charge < -0.3 is 10.2 Å². The number of amides is 2. The van der Waals surface area contributed by atoms with Crippen LogP contribution in [0.2, 0.25) is 5.02 Å². The standard InChI is InChI=1S/C18H25ClN2O2S/c1-13-7-8-15(11-16(13)19)24-12-17(20-14(2)22)18(23)21-9-5-3-4-6-10-21/h7-8,11,17H,3-6,9-10,12H2,1-2H3,(H,20,22). The average Bonchev–Trinajstić information content (AvgIpc) is 2.83. The van der Waals surface area contributed by atoms with Gasteiger partial charge in [-0.25, -0.2) is 0 Å². The Morgan fingerprint density at radius 2 is 1.92 bits per heavy atom. The number of likely N-dealkylation sites (tertiary alicyclic amines) is 1. The number of carbonyl (C=O) groups excluding carboxylic acids is 2. The molecule has 1 aliphatic rings. The minimum Gasteiger partial charge on any atom is -0.344 e. The van der Waals surface area contributed by atoms with E-state index in [1.54, 1.807) is 11.8 Å². The van der Waals surface area contributed by atoms with Crippen molar-refractivity contribution in [2.45, 2.75) is 50.5 Å². The van der Waals surface area contributed by atoms with Gasteiger partial charge in [0.25, 0.3) is 0 Å². The molecule has 0 radical (unpaired) electrons. The summed E-state index contributed by atoms with van der Waals surface area (Å²) in [6.45, 7) is 4.99. The lowest BCUT2D eigenvalue weighted by Gasteiger charge is -2.26. The second-order valence-electron chi connectivity index (χ2n) is 6.21. The molecule has 132 valence electrons. The molecule has 1 N–H and O–H groups in total. The van der Waals surface area contributed by atoms with Crippen LogP contribution in [-0.2, 0) is 9.59 Å². The molecule has 0 bridgehead atoms. The summed E-state index contributed by atoms with van der Waals surface area (Å²) in [6, 6.07) is 5.37. The Kier molecular flexibility index (Phi) is 7.43. The van der Waals surface area contributed by atoms with E-state index in [1.165, 1.54) is 19.8 Å². The van der Waals surface area contributed by atoms with Crippen LogP contribution >= 0.6 is 23.4 Å². The van der Waals surface area contributed by atoms with Gasteiger partial charge in [-0.3, -0.25) is 9.59 Å². The number of hydrogen-bond donors (Lipinski definition) is 1. The molecule has 0 saturated carbocycles. The zero-order valence-electron chi connectivity index (χ0n) is 14.3. The highest BCUT2D eigenvalue weighted by Gasteiger charge is 2.25. The van der Waals surface area contributed by atoms with Crippen LogP contribution < -0.4 is 5.32 Å². The van der Waals surface area contributed by atoms with Crippen molar-refractivity contribution >= 4 is 35.2 Å². The molecule has 0 aliphatic carbocycles. The summed E-state index contributed by atoms with van der Waals surface area (Å²) >= 11 is 7.70. The van der Waals surface area contributed by atoms with E-state index in [0.717, 1.165) is 41.4 Å². The lowest BCUT2D eigenvalue weighted by molar-refractivity contribution is -0.135. The van der Waals surface area contributed by atoms with Crippen LogP contribution in [0, 0.1) is 6.92 Å². The molecule has 6 heteroatoms. The number of nitrogens with one attached hydrogen (secondary N) is 1. The van der Waals surface area contributed by atoms with E-state index in [4.69, 9.17) is 11.6 Å². The maximum absolute atomic E-state index is 12.8. The SMILES string of the molecule is CC(=O)NC(CSc1ccc(C)c(Cl)c1)C(=O)N1CCCCCC1. The van der Waals surface area contributed by atoms with E-state index in [2.05, 4.69) is 5.32 Å². The number of halogens is 1. The van der Waals surface area contributed by atoms with Gasteiger partial charge in [-0.1, -0.05) is 30.5 Å². The van der Waals surface area contributed by atoms with Crippen molar-refractivity contribution in [2.24, 2.45) is 0 Å². The highest BCUT2D eigenvalue weighted by atomic mass is 35.5. The first-order valence-corrected chi connectivity index (χ1v) is 9.78. The minimum absolute atomic E-state index is 0.0257. The fourth-order valence-corrected chi connectivity index (χ4v) is 3.97. The fraction of sp³-hybridized carbons (Fsp3) is 0.556. The predicted molar refractivity (Wildman–Crippen MR) is 99.6 cm³/mol. The van der Waals surface area contributed by atoms with E-state index in [1.807, 2.05) is 30.0 Å². The molecule has 1 unspecified atom stereocenters.